The van der Waals surface area contributed by atoms with Crippen LogP contribution in [-0.4, -0.2) is 16.7 Å². The molecule has 1 rings (SSSR count). The molecular weight excluding hydrogens is 195 g/mol. The second kappa shape index (κ2) is 3.96. The minimum absolute atomic E-state index is 0.109. The van der Waals surface area contributed by atoms with Gasteiger partial charge in [0.2, 0.25) is 0 Å². The van der Waals surface area contributed by atoms with Crippen LogP contribution in [0.3, 0.4) is 0 Å². The van der Waals surface area contributed by atoms with Crippen LogP contribution in [0, 0.1) is 0 Å². The van der Waals surface area contributed by atoms with Crippen molar-refractivity contribution in [2.45, 2.75) is 19.0 Å². The fourth-order valence-corrected chi connectivity index (χ4v) is 1.14. The Morgan fingerprint density at radius 2 is 2.14 bits per heavy atom. The van der Waals surface area contributed by atoms with Crippen LogP contribution in [0.1, 0.15) is 24.1 Å². The molecule has 0 fully saturated rings. The van der Waals surface area contributed by atoms with Gasteiger partial charge in [-0.3, -0.25) is 4.98 Å². The van der Waals surface area contributed by atoms with Crippen molar-refractivity contribution < 1.29 is 18.3 Å². The summed E-state index contributed by atoms with van der Waals surface area (Å²) < 4.78 is 37.3. The first kappa shape index (κ1) is 11.0. The molecule has 0 radical (unpaired) electrons. The van der Waals surface area contributed by atoms with E-state index >= 15 is 0 Å². The van der Waals surface area contributed by atoms with E-state index in [2.05, 4.69) is 4.98 Å². The van der Waals surface area contributed by atoms with E-state index in [-0.39, 0.29) is 12.3 Å². The van der Waals surface area contributed by atoms with Crippen LogP contribution in [-0.2, 0) is 6.18 Å². The Bertz CT molecular complexity index is 311. The molecule has 0 aromatic carbocycles. The maximum Gasteiger partial charge on any atom is 0.418 e. The van der Waals surface area contributed by atoms with E-state index in [1.807, 2.05) is 0 Å². The second-order valence-corrected chi connectivity index (χ2v) is 3.02. The summed E-state index contributed by atoms with van der Waals surface area (Å²) in [5.41, 5.74) is -0.885. The lowest BCUT2D eigenvalue weighted by Crippen LogP contribution is -2.14. The number of nitrogens with zero attached hydrogens (tertiary/aromatic N) is 1. The number of hydrogen-bond donors (Lipinski definition) is 1. The van der Waals surface area contributed by atoms with Crippen molar-refractivity contribution in [2.24, 2.45) is 0 Å². The predicted octanol–water partition coefficient (Wildman–Crippen LogP) is 2.20. The summed E-state index contributed by atoms with van der Waals surface area (Å²) in [4.78, 5) is 3.64. The van der Waals surface area contributed by atoms with Gasteiger partial charge in [0.15, 0.2) is 0 Å². The van der Waals surface area contributed by atoms with Gasteiger partial charge < -0.3 is 5.11 Å². The largest absolute Gasteiger partial charge is 0.418 e. The molecule has 0 aliphatic carbocycles. The van der Waals surface area contributed by atoms with Gasteiger partial charge in [0.25, 0.3) is 0 Å². The fourth-order valence-electron chi connectivity index (χ4n) is 1.14. The predicted molar refractivity (Wildman–Crippen MR) is 44.7 cm³/mol. The number of halogens is 3. The van der Waals surface area contributed by atoms with Crippen LogP contribution in [0.4, 0.5) is 13.2 Å². The van der Waals surface area contributed by atoms with Crippen molar-refractivity contribution >= 4 is 0 Å². The summed E-state index contributed by atoms with van der Waals surface area (Å²) >= 11 is 0. The highest BCUT2D eigenvalue weighted by atomic mass is 19.4. The van der Waals surface area contributed by atoms with Crippen LogP contribution in [0.2, 0.25) is 0 Å². The van der Waals surface area contributed by atoms with E-state index < -0.39 is 17.7 Å². The van der Waals surface area contributed by atoms with Crippen LogP contribution >= 0.6 is 0 Å². The lowest BCUT2D eigenvalue weighted by atomic mass is 10.0. The van der Waals surface area contributed by atoms with E-state index in [9.17, 15) is 13.2 Å². The van der Waals surface area contributed by atoms with E-state index in [1.165, 1.54) is 19.2 Å². The van der Waals surface area contributed by atoms with E-state index in [0.29, 0.717) is 0 Å². The Kier molecular flexibility index (Phi) is 3.10. The van der Waals surface area contributed by atoms with Crippen molar-refractivity contribution in [2.75, 3.05) is 6.61 Å². The molecule has 0 saturated heterocycles. The third-order valence-electron chi connectivity index (χ3n) is 1.88. The lowest BCUT2D eigenvalue weighted by Gasteiger charge is -2.14. The Labute approximate surface area is 79.4 Å². The first-order chi connectivity index (χ1) is 6.46. The molecule has 0 bridgehead atoms. The van der Waals surface area contributed by atoms with Crippen molar-refractivity contribution in [1.82, 2.24) is 4.98 Å². The second-order valence-electron chi connectivity index (χ2n) is 3.02. The highest BCUT2D eigenvalue weighted by molar-refractivity contribution is 5.25. The summed E-state index contributed by atoms with van der Waals surface area (Å²) in [6.07, 6.45) is -3.12. The topological polar surface area (TPSA) is 33.1 Å². The number of rotatable bonds is 2. The quantitative estimate of drug-likeness (QED) is 0.802. The molecule has 14 heavy (non-hydrogen) atoms. The molecule has 5 heteroatoms. The summed E-state index contributed by atoms with van der Waals surface area (Å²) in [7, 11) is 0. The number of hydrogen-bond acceptors (Lipinski definition) is 2. The molecule has 78 valence electrons. The molecule has 1 aromatic rings. The standard InChI is InChI=1S/C9H10F3NO/c1-6(5-14)8-7(9(10,11)12)3-2-4-13-8/h2-4,6,14H,5H2,1H3. The van der Waals surface area contributed by atoms with E-state index in [4.69, 9.17) is 5.11 Å². The number of aliphatic hydroxyl groups excluding tert-OH is 1. The zero-order chi connectivity index (χ0) is 10.8. The molecule has 0 spiro atoms. The summed E-state index contributed by atoms with van der Waals surface area (Å²) in [6.45, 7) is 1.15. The van der Waals surface area contributed by atoms with Gasteiger partial charge in [-0.15, -0.1) is 0 Å². The third kappa shape index (κ3) is 2.23. The van der Waals surface area contributed by atoms with Crippen LogP contribution in [0.15, 0.2) is 18.3 Å². The van der Waals surface area contributed by atoms with Gasteiger partial charge in [-0.1, -0.05) is 6.92 Å². The number of aromatic nitrogens is 1. The minimum atomic E-state index is -4.41. The number of alkyl halides is 3. The van der Waals surface area contributed by atoms with Crippen LogP contribution < -0.4 is 0 Å². The summed E-state index contributed by atoms with van der Waals surface area (Å²) in [5.74, 6) is -0.604. The number of aliphatic hydroxyl groups is 1. The van der Waals surface area contributed by atoms with Crippen LogP contribution in [0.25, 0.3) is 0 Å². The molecule has 2 nitrogen and oxygen atoms in total. The molecule has 1 aromatic heterocycles. The normalized spacial score (nSPS) is 14.1. The van der Waals surface area contributed by atoms with E-state index in [1.54, 1.807) is 0 Å². The van der Waals surface area contributed by atoms with Gasteiger partial charge in [0.1, 0.15) is 0 Å². The Hall–Kier alpha value is -1.10. The molecule has 0 saturated carbocycles. The molecular formula is C9H10F3NO. The first-order valence-electron chi connectivity index (χ1n) is 4.09. The molecule has 1 unspecified atom stereocenters. The monoisotopic (exact) mass is 205 g/mol. The number of pyridine rings is 1. The molecule has 1 atom stereocenters. The third-order valence-corrected chi connectivity index (χ3v) is 1.88. The summed E-state index contributed by atoms with van der Waals surface area (Å²) in [5, 5.41) is 8.77. The SMILES string of the molecule is CC(CO)c1ncccc1C(F)(F)F. The average molecular weight is 205 g/mol. The van der Waals surface area contributed by atoms with Crippen molar-refractivity contribution in [3.63, 3.8) is 0 Å². The zero-order valence-corrected chi connectivity index (χ0v) is 7.54. The molecule has 0 amide bonds. The Balaban J connectivity index is 3.16. The molecule has 0 aliphatic rings. The highest BCUT2D eigenvalue weighted by Gasteiger charge is 2.34. The molecule has 1 heterocycles. The van der Waals surface area contributed by atoms with Crippen LogP contribution in [0.5, 0.6) is 0 Å². The van der Waals surface area contributed by atoms with Gasteiger partial charge in [-0.25, -0.2) is 0 Å². The molecule has 1 N–H and O–H groups in total. The van der Waals surface area contributed by atoms with Gasteiger partial charge in [0, 0.05) is 12.1 Å². The lowest BCUT2D eigenvalue weighted by molar-refractivity contribution is -0.138. The van der Waals surface area contributed by atoms with Crippen molar-refractivity contribution in [1.29, 1.82) is 0 Å². The zero-order valence-electron chi connectivity index (χ0n) is 7.54. The Morgan fingerprint density at radius 1 is 1.50 bits per heavy atom. The fraction of sp³-hybridized carbons (Fsp3) is 0.444. The maximum absolute atomic E-state index is 12.4. The summed E-state index contributed by atoms with van der Waals surface area (Å²) in [6, 6.07) is 2.20. The maximum atomic E-state index is 12.4. The van der Waals surface area contributed by atoms with Gasteiger partial charge >= 0.3 is 6.18 Å². The highest BCUT2D eigenvalue weighted by Crippen LogP contribution is 2.33. The minimum Gasteiger partial charge on any atom is -0.396 e. The Morgan fingerprint density at radius 3 is 2.64 bits per heavy atom. The van der Waals surface area contributed by atoms with E-state index in [0.717, 1.165) is 6.07 Å². The van der Waals surface area contributed by atoms with Gasteiger partial charge in [-0.2, -0.15) is 13.2 Å². The van der Waals surface area contributed by atoms with Crippen molar-refractivity contribution in [3.8, 4) is 0 Å². The van der Waals surface area contributed by atoms with Gasteiger partial charge in [0.05, 0.1) is 17.9 Å². The smallest absolute Gasteiger partial charge is 0.396 e. The van der Waals surface area contributed by atoms with Gasteiger partial charge in [-0.05, 0) is 12.1 Å². The van der Waals surface area contributed by atoms with Crippen molar-refractivity contribution in [3.05, 3.63) is 29.6 Å². The first-order valence-corrected chi connectivity index (χ1v) is 4.09. The molecule has 0 aliphatic heterocycles. The average Bonchev–Trinajstić information content (AvgIpc) is 2.15.